The normalized spacial score (nSPS) is 11.9. The van der Waals surface area contributed by atoms with Gasteiger partial charge in [0.2, 0.25) is 0 Å². The van der Waals surface area contributed by atoms with E-state index in [0.29, 0.717) is 23.0 Å². The summed E-state index contributed by atoms with van der Waals surface area (Å²) in [5, 5.41) is 1.27. The van der Waals surface area contributed by atoms with E-state index < -0.39 is 14.0 Å². The fraction of sp³-hybridized carbons (Fsp3) is 0.467. The summed E-state index contributed by atoms with van der Waals surface area (Å²) in [7, 11) is 0.206. The molecule has 2 rings (SSSR count). The van der Waals surface area contributed by atoms with Crippen LogP contribution < -0.4 is 0 Å². The molecular formula is C15H21ClN2O3Si. The molecule has 0 aromatic carbocycles. The van der Waals surface area contributed by atoms with Crippen molar-refractivity contribution >= 4 is 36.7 Å². The molecule has 0 N–H and O–H groups in total. The smallest absolute Gasteiger partial charge is 0.354 e. The van der Waals surface area contributed by atoms with Crippen molar-refractivity contribution in [3.05, 3.63) is 29.0 Å². The zero-order chi connectivity index (χ0) is 16.3. The summed E-state index contributed by atoms with van der Waals surface area (Å²) < 4.78 is 12.3. The van der Waals surface area contributed by atoms with E-state index in [0.717, 1.165) is 11.4 Å². The van der Waals surface area contributed by atoms with Gasteiger partial charge in [0.1, 0.15) is 18.1 Å². The van der Waals surface area contributed by atoms with Gasteiger partial charge in [-0.05, 0) is 18.2 Å². The molecule has 0 bridgehead atoms. The van der Waals surface area contributed by atoms with E-state index in [1.165, 1.54) is 7.11 Å². The number of ether oxygens (including phenoxy) is 2. The first kappa shape index (κ1) is 17.0. The van der Waals surface area contributed by atoms with Crippen LogP contribution in [0.4, 0.5) is 0 Å². The molecule has 0 fully saturated rings. The van der Waals surface area contributed by atoms with E-state index in [-0.39, 0.29) is 6.73 Å². The van der Waals surface area contributed by atoms with Gasteiger partial charge in [-0.25, -0.2) is 9.78 Å². The molecule has 0 aliphatic rings. The summed E-state index contributed by atoms with van der Waals surface area (Å²) >= 11 is 6.17. The summed E-state index contributed by atoms with van der Waals surface area (Å²) in [6.07, 6.45) is 1.62. The Morgan fingerprint density at radius 2 is 2.14 bits per heavy atom. The second-order valence-corrected chi connectivity index (χ2v) is 12.4. The number of hydrogen-bond donors (Lipinski definition) is 0. The number of hydrogen-bond acceptors (Lipinski definition) is 4. The van der Waals surface area contributed by atoms with Crippen LogP contribution in [0.5, 0.6) is 0 Å². The molecule has 0 aliphatic heterocycles. The Balaban J connectivity index is 2.26. The number of nitrogens with zero attached hydrogens (tertiary/aromatic N) is 2. The average molecular weight is 341 g/mol. The first-order chi connectivity index (χ1) is 10.3. The number of methoxy groups -OCH3 is 1. The van der Waals surface area contributed by atoms with Gasteiger partial charge in [-0.1, -0.05) is 31.2 Å². The van der Waals surface area contributed by atoms with Crippen LogP contribution in [0.25, 0.3) is 11.0 Å². The lowest BCUT2D eigenvalue weighted by molar-refractivity contribution is 0.0545. The summed E-state index contributed by atoms with van der Waals surface area (Å²) in [4.78, 5) is 16.3. The number of pyridine rings is 1. The van der Waals surface area contributed by atoms with E-state index >= 15 is 0 Å². The molecule has 0 radical (unpaired) electrons. The van der Waals surface area contributed by atoms with Gasteiger partial charge < -0.3 is 9.47 Å². The minimum absolute atomic E-state index is 0.256. The molecule has 0 atom stereocenters. The topological polar surface area (TPSA) is 53.3 Å². The average Bonchev–Trinajstić information content (AvgIpc) is 2.82. The first-order valence-corrected chi connectivity index (χ1v) is 11.2. The number of aromatic nitrogens is 2. The summed E-state index contributed by atoms with van der Waals surface area (Å²) in [6.45, 7) is 7.80. The Hall–Kier alpha value is -1.37. The third-order valence-corrected chi connectivity index (χ3v) is 5.39. The lowest BCUT2D eigenvalue weighted by Gasteiger charge is -2.16. The van der Waals surface area contributed by atoms with Crippen LogP contribution in [0, 0.1) is 0 Å². The summed E-state index contributed by atoms with van der Waals surface area (Å²) in [5.41, 5.74) is 1.02. The van der Waals surface area contributed by atoms with Crippen LogP contribution in [-0.2, 0) is 16.2 Å². The van der Waals surface area contributed by atoms with E-state index in [9.17, 15) is 4.79 Å². The maximum atomic E-state index is 11.9. The Morgan fingerprint density at radius 3 is 2.77 bits per heavy atom. The van der Waals surface area contributed by atoms with Crippen LogP contribution in [0.3, 0.4) is 0 Å². The van der Waals surface area contributed by atoms with E-state index in [2.05, 4.69) is 24.6 Å². The molecule has 0 saturated carbocycles. The fourth-order valence-corrected chi connectivity index (χ4v) is 3.01. The van der Waals surface area contributed by atoms with Gasteiger partial charge in [-0.2, -0.15) is 0 Å². The van der Waals surface area contributed by atoms with Crippen LogP contribution in [-0.4, -0.2) is 37.3 Å². The maximum Gasteiger partial charge on any atom is 0.354 e. The highest BCUT2D eigenvalue weighted by Crippen LogP contribution is 2.25. The molecule has 7 heteroatoms. The second-order valence-electron chi connectivity index (χ2n) is 6.33. The standard InChI is InChI=1S/C15H21ClN2O3Si/c1-20-15(19)13-9-11-12(16)5-6-17-14(11)18(13)10-21-7-8-22(2,3)4/h5-6,9H,7-8,10H2,1-4H3. The predicted octanol–water partition coefficient (Wildman–Crippen LogP) is 3.79. The lowest BCUT2D eigenvalue weighted by atomic mass is 10.3. The molecular weight excluding hydrogens is 320 g/mol. The second kappa shape index (κ2) is 6.81. The molecule has 0 saturated heterocycles. The number of fused-ring (bicyclic) bond motifs is 1. The van der Waals surface area contributed by atoms with Gasteiger partial charge >= 0.3 is 5.97 Å². The third-order valence-electron chi connectivity index (χ3n) is 3.35. The molecule has 0 aliphatic carbocycles. The van der Waals surface area contributed by atoms with Crippen molar-refractivity contribution in [2.24, 2.45) is 0 Å². The van der Waals surface area contributed by atoms with Crippen molar-refractivity contribution < 1.29 is 14.3 Å². The van der Waals surface area contributed by atoms with E-state index in [4.69, 9.17) is 21.1 Å². The van der Waals surface area contributed by atoms with Crippen LogP contribution >= 0.6 is 11.6 Å². The molecule has 0 spiro atoms. The van der Waals surface area contributed by atoms with Crippen molar-refractivity contribution in [2.45, 2.75) is 32.4 Å². The highest BCUT2D eigenvalue weighted by Gasteiger charge is 2.19. The fourth-order valence-electron chi connectivity index (χ4n) is 2.06. The number of carbonyl (C=O) groups excluding carboxylic acids is 1. The molecule has 5 nitrogen and oxygen atoms in total. The predicted molar refractivity (Wildman–Crippen MR) is 90.2 cm³/mol. The Bertz CT molecular complexity index is 679. The van der Waals surface area contributed by atoms with Gasteiger partial charge in [0, 0.05) is 26.3 Å². The zero-order valence-corrected chi connectivity index (χ0v) is 15.1. The van der Waals surface area contributed by atoms with Gasteiger partial charge in [-0.15, -0.1) is 0 Å². The molecule has 22 heavy (non-hydrogen) atoms. The molecule has 0 unspecified atom stereocenters. The van der Waals surface area contributed by atoms with Crippen LogP contribution in [0.15, 0.2) is 18.3 Å². The zero-order valence-electron chi connectivity index (χ0n) is 13.4. The van der Waals surface area contributed by atoms with Crippen molar-refractivity contribution in [3.8, 4) is 0 Å². The van der Waals surface area contributed by atoms with Crippen LogP contribution in [0.1, 0.15) is 10.5 Å². The number of carbonyl (C=O) groups is 1. The van der Waals surface area contributed by atoms with Gasteiger partial charge in [-0.3, -0.25) is 4.57 Å². The third kappa shape index (κ3) is 3.88. The van der Waals surface area contributed by atoms with E-state index in [1.54, 1.807) is 22.9 Å². The van der Waals surface area contributed by atoms with Crippen molar-refractivity contribution in [1.82, 2.24) is 9.55 Å². The largest absolute Gasteiger partial charge is 0.464 e. The molecule has 120 valence electrons. The highest BCUT2D eigenvalue weighted by molar-refractivity contribution is 6.76. The maximum absolute atomic E-state index is 11.9. The van der Waals surface area contributed by atoms with Crippen molar-refractivity contribution in [1.29, 1.82) is 0 Å². The number of esters is 1. The van der Waals surface area contributed by atoms with Crippen LogP contribution in [0.2, 0.25) is 30.7 Å². The highest BCUT2D eigenvalue weighted by atomic mass is 35.5. The SMILES string of the molecule is COC(=O)c1cc2c(Cl)ccnc2n1COCC[Si](C)(C)C. The first-order valence-electron chi connectivity index (χ1n) is 7.13. The minimum Gasteiger partial charge on any atom is -0.464 e. The minimum atomic E-state index is -1.15. The Labute approximate surface area is 136 Å². The quantitative estimate of drug-likeness (QED) is 0.456. The van der Waals surface area contributed by atoms with Gasteiger partial charge in [0.25, 0.3) is 0 Å². The van der Waals surface area contributed by atoms with E-state index in [1.807, 2.05) is 0 Å². The monoisotopic (exact) mass is 340 g/mol. The van der Waals surface area contributed by atoms with Crippen molar-refractivity contribution in [3.63, 3.8) is 0 Å². The summed E-state index contributed by atoms with van der Waals surface area (Å²) in [6, 6.07) is 4.45. The molecule has 0 amide bonds. The number of rotatable bonds is 6. The van der Waals surface area contributed by atoms with Gasteiger partial charge in [0.15, 0.2) is 0 Å². The molecule has 2 aromatic heterocycles. The molecule has 2 heterocycles. The Kier molecular flexibility index (Phi) is 5.26. The number of halogens is 1. The molecule has 2 aromatic rings. The lowest BCUT2D eigenvalue weighted by Crippen LogP contribution is -2.22. The summed E-state index contributed by atoms with van der Waals surface area (Å²) in [5.74, 6) is -0.428. The Morgan fingerprint density at radius 1 is 1.41 bits per heavy atom. The van der Waals surface area contributed by atoms with Crippen molar-refractivity contribution in [2.75, 3.05) is 13.7 Å². The van der Waals surface area contributed by atoms with Gasteiger partial charge in [0.05, 0.1) is 12.1 Å².